The van der Waals surface area contributed by atoms with Crippen LogP contribution in [0.1, 0.15) is 49.1 Å². The molecule has 9 nitrogen and oxygen atoms in total. The average Bonchev–Trinajstić information content (AvgIpc) is 2.97. The minimum absolute atomic E-state index is 0.0242. The molecular formula is C30H32ClN3O6. The molecule has 0 fully saturated rings. The number of benzene rings is 3. The van der Waals surface area contributed by atoms with Gasteiger partial charge in [-0.1, -0.05) is 63.5 Å². The van der Waals surface area contributed by atoms with Crippen LogP contribution in [0.15, 0.2) is 88.3 Å². The molecule has 1 atom stereocenters. The topological polar surface area (TPSA) is 100 Å². The summed E-state index contributed by atoms with van der Waals surface area (Å²) in [6.45, 7) is 6.03. The Morgan fingerprint density at radius 3 is 2.23 bits per heavy atom. The normalized spacial score (nSPS) is 12.9. The van der Waals surface area contributed by atoms with Crippen molar-refractivity contribution in [3.63, 3.8) is 0 Å². The van der Waals surface area contributed by atoms with E-state index in [0.29, 0.717) is 39.9 Å². The molecule has 3 rings (SSSR count). The Morgan fingerprint density at radius 2 is 1.57 bits per heavy atom. The fourth-order valence-corrected chi connectivity index (χ4v) is 3.78. The van der Waals surface area contributed by atoms with Crippen molar-refractivity contribution in [3.8, 4) is 5.75 Å². The fraction of sp³-hybridized carbons (Fsp3) is 0.267. The van der Waals surface area contributed by atoms with Crippen molar-refractivity contribution in [1.82, 2.24) is 0 Å². The number of hydrogen-bond acceptors (Lipinski definition) is 9. The highest BCUT2D eigenvalue weighted by molar-refractivity contribution is 6.47. The lowest BCUT2D eigenvalue weighted by Crippen LogP contribution is -2.19. The first-order valence-electron chi connectivity index (χ1n) is 12.5. The molecule has 40 heavy (non-hydrogen) atoms. The van der Waals surface area contributed by atoms with Crippen LogP contribution in [0.2, 0.25) is 5.02 Å². The number of carbonyl (C=O) groups is 1. The van der Waals surface area contributed by atoms with Crippen LogP contribution in [0.5, 0.6) is 5.75 Å². The monoisotopic (exact) mass is 565 g/mol. The van der Waals surface area contributed by atoms with Crippen LogP contribution < -0.4 is 4.74 Å². The molecule has 0 aliphatic carbocycles. The van der Waals surface area contributed by atoms with E-state index < -0.39 is 5.97 Å². The Labute approximate surface area is 239 Å². The Balaban J connectivity index is 1.75. The van der Waals surface area contributed by atoms with Crippen molar-refractivity contribution < 1.29 is 28.8 Å². The van der Waals surface area contributed by atoms with Crippen LogP contribution in [0.25, 0.3) is 0 Å². The van der Waals surface area contributed by atoms with E-state index in [9.17, 15) is 4.79 Å². The second-order valence-corrected chi connectivity index (χ2v) is 8.85. The highest BCUT2D eigenvalue weighted by Gasteiger charge is 2.19. The standard InChI is InChI=1S/C30H32ClN3O6/c1-6-38-34-28(23-13-17-26(18-14-23)40-21(3)22-11-15-25(31)16-12-22)20(2)32-39-19-24-9-7-8-10-27(24)29(33-37-5)30(35)36-4/h7-18,21H,6,19H2,1-5H3/b32-20-,33-29?,34-28-. The molecule has 210 valence electrons. The summed E-state index contributed by atoms with van der Waals surface area (Å²) >= 11 is 5.99. The molecule has 0 amide bonds. The predicted molar refractivity (Wildman–Crippen MR) is 155 cm³/mol. The SMILES string of the molecule is CCO/N=C(/C(C)=N\OCc1ccccc1C(=NOC)C(=O)OC)c1ccc(OC(C)c2ccc(Cl)cc2)cc1. The van der Waals surface area contributed by atoms with Gasteiger partial charge in [-0.15, -0.1) is 0 Å². The summed E-state index contributed by atoms with van der Waals surface area (Å²) in [5.74, 6) is 0.0682. The third-order valence-corrected chi connectivity index (χ3v) is 5.91. The van der Waals surface area contributed by atoms with Gasteiger partial charge in [-0.05, 0) is 62.7 Å². The van der Waals surface area contributed by atoms with Gasteiger partial charge in [0, 0.05) is 21.7 Å². The minimum Gasteiger partial charge on any atom is -0.486 e. The molecule has 10 heteroatoms. The molecule has 1 unspecified atom stereocenters. The minimum atomic E-state index is -0.630. The lowest BCUT2D eigenvalue weighted by atomic mass is 10.0. The zero-order valence-electron chi connectivity index (χ0n) is 23.1. The van der Waals surface area contributed by atoms with Gasteiger partial charge >= 0.3 is 5.97 Å². The van der Waals surface area contributed by atoms with E-state index in [1.165, 1.54) is 14.2 Å². The van der Waals surface area contributed by atoms with Crippen LogP contribution in [-0.2, 0) is 30.7 Å². The largest absolute Gasteiger partial charge is 0.486 e. The van der Waals surface area contributed by atoms with Crippen LogP contribution >= 0.6 is 11.6 Å². The third-order valence-electron chi connectivity index (χ3n) is 5.66. The molecule has 0 bridgehead atoms. The molecule has 0 radical (unpaired) electrons. The number of halogens is 1. The quantitative estimate of drug-likeness (QED) is 0.136. The Kier molecular flexibility index (Phi) is 11.5. The summed E-state index contributed by atoms with van der Waals surface area (Å²) in [6, 6.07) is 22.1. The molecule has 0 heterocycles. The number of hydrogen-bond donors (Lipinski definition) is 0. The molecule has 0 saturated carbocycles. The summed E-state index contributed by atoms with van der Waals surface area (Å²) in [5.41, 5.74) is 3.98. The van der Waals surface area contributed by atoms with Crippen LogP contribution in [-0.4, -0.2) is 43.9 Å². The van der Waals surface area contributed by atoms with Gasteiger partial charge in [0.2, 0.25) is 0 Å². The number of oxime groups is 3. The van der Waals surface area contributed by atoms with Gasteiger partial charge in [0.1, 0.15) is 43.6 Å². The van der Waals surface area contributed by atoms with E-state index in [-0.39, 0.29) is 18.4 Å². The van der Waals surface area contributed by atoms with Crippen molar-refractivity contribution in [3.05, 3.63) is 100 Å². The highest BCUT2D eigenvalue weighted by Crippen LogP contribution is 2.24. The number of carbonyl (C=O) groups excluding carboxylic acids is 1. The van der Waals surface area contributed by atoms with Crippen molar-refractivity contribution in [2.45, 2.75) is 33.5 Å². The van der Waals surface area contributed by atoms with Crippen molar-refractivity contribution >= 4 is 34.7 Å². The number of ether oxygens (including phenoxy) is 2. The summed E-state index contributed by atoms with van der Waals surface area (Å²) in [7, 11) is 2.63. The maximum Gasteiger partial charge on any atom is 0.360 e. The van der Waals surface area contributed by atoms with Gasteiger partial charge in [-0.2, -0.15) is 0 Å². The number of nitrogens with zero attached hydrogens (tertiary/aromatic N) is 3. The molecule has 0 aliphatic heterocycles. The van der Waals surface area contributed by atoms with Crippen LogP contribution in [0, 0.1) is 0 Å². The molecule has 3 aromatic carbocycles. The predicted octanol–water partition coefficient (Wildman–Crippen LogP) is 6.34. The molecule has 0 spiro atoms. The van der Waals surface area contributed by atoms with E-state index in [2.05, 4.69) is 15.5 Å². The maximum atomic E-state index is 12.2. The second-order valence-electron chi connectivity index (χ2n) is 8.42. The lowest BCUT2D eigenvalue weighted by Gasteiger charge is -2.15. The Bertz CT molecular complexity index is 1350. The van der Waals surface area contributed by atoms with Crippen molar-refractivity contribution in [2.75, 3.05) is 20.8 Å². The van der Waals surface area contributed by atoms with Gasteiger partial charge < -0.3 is 24.0 Å². The van der Waals surface area contributed by atoms with E-state index >= 15 is 0 Å². The molecular weight excluding hydrogens is 534 g/mol. The maximum absolute atomic E-state index is 12.2. The molecule has 3 aromatic rings. The molecule has 0 N–H and O–H groups in total. The van der Waals surface area contributed by atoms with Gasteiger partial charge in [-0.3, -0.25) is 0 Å². The summed E-state index contributed by atoms with van der Waals surface area (Å²) < 4.78 is 10.9. The first-order valence-corrected chi connectivity index (χ1v) is 12.9. The molecule has 0 aromatic heterocycles. The third kappa shape index (κ3) is 8.31. The van der Waals surface area contributed by atoms with Gasteiger partial charge in [0.05, 0.1) is 7.11 Å². The van der Waals surface area contributed by atoms with E-state index in [1.54, 1.807) is 25.1 Å². The van der Waals surface area contributed by atoms with E-state index in [4.69, 9.17) is 35.6 Å². The lowest BCUT2D eigenvalue weighted by molar-refractivity contribution is -0.132. The number of rotatable bonds is 13. The molecule has 0 saturated heterocycles. The van der Waals surface area contributed by atoms with Crippen molar-refractivity contribution in [1.29, 1.82) is 0 Å². The first kappa shape index (κ1) is 30.2. The summed E-state index contributed by atoms with van der Waals surface area (Å²) in [5, 5.41) is 13.0. The first-order chi connectivity index (χ1) is 19.4. The zero-order chi connectivity index (χ0) is 28.9. The van der Waals surface area contributed by atoms with Gasteiger partial charge in [-0.25, -0.2) is 4.79 Å². The van der Waals surface area contributed by atoms with Crippen LogP contribution in [0.4, 0.5) is 0 Å². The highest BCUT2D eigenvalue weighted by atomic mass is 35.5. The molecule has 0 aliphatic rings. The summed E-state index contributed by atoms with van der Waals surface area (Å²) in [6.07, 6.45) is -0.159. The average molecular weight is 566 g/mol. The number of methoxy groups -OCH3 is 1. The zero-order valence-corrected chi connectivity index (χ0v) is 23.8. The Morgan fingerprint density at radius 1 is 0.875 bits per heavy atom. The fourth-order valence-electron chi connectivity index (χ4n) is 3.66. The number of esters is 1. The Hall–Kier alpha value is -4.37. The smallest absolute Gasteiger partial charge is 0.360 e. The second kappa shape index (κ2) is 15.3. The summed E-state index contributed by atoms with van der Waals surface area (Å²) in [4.78, 5) is 28.0. The van der Waals surface area contributed by atoms with Crippen LogP contribution in [0.3, 0.4) is 0 Å². The van der Waals surface area contributed by atoms with Gasteiger partial charge in [0.25, 0.3) is 0 Å². The van der Waals surface area contributed by atoms with Crippen molar-refractivity contribution in [2.24, 2.45) is 15.5 Å². The van der Waals surface area contributed by atoms with E-state index in [0.717, 1.165) is 11.1 Å². The van der Waals surface area contributed by atoms with E-state index in [1.807, 2.05) is 68.4 Å². The van der Waals surface area contributed by atoms with Gasteiger partial charge in [0.15, 0.2) is 5.71 Å².